The van der Waals surface area contributed by atoms with Crippen LogP contribution in [0, 0.1) is 13.8 Å². The number of likely N-dealkylation sites (N-methyl/N-ethyl adjacent to an activating group) is 1. The fraction of sp³-hybridized carbons (Fsp3) is 0.421. The van der Waals surface area contributed by atoms with Crippen molar-refractivity contribution >= 4 is 0 Å². The molecule has 0 bridgehead atoms. The molecule has 2 heteroatoms. The Kier molecular flexibility index (Phi) is 5.94. The molecule has 2 aromatic rings. The highest BCUT2D eigenvalue weighted by atomic mass is 14.9. The van der Waals surface area contributed by atoms with Crippen LogP contribution >= 0.6 is 0 Å². The minimum Gasteiger partial charge on any atom is -0.314 e. The maximum Gasteiger partial charge on any atom is 0.0448 e. The summed E-state index contributed by atoms with van der Waals surface area (Å²) >= 11 is 0. The largest absolute Gasteiger partial charge is 0.314 e. The molecule has 0 radical (unpaired) electrons. The second kappa shape index (κ2) is 7.94. The zero-order valence-corrected chi connectivity index (χ0v) is 13.4. The Morgan fingerprint density at radius 3 is 2.52 bits per heavy atom. The van der Waals surface area contributed by atoms with Crippen molar-refractivity contribution < 1.29 is 0 Å². The third-order valence-corrected chi connectivity index (χ3v) is 3.95. The van der Waals surface area contributed by atoms with Gasteiger partial charge in [-0.1, -0.05) is 42.8 Å². The van der Waals surface area contributed by atoms with Gasteiger partial charge in [0.15, 0.2) is 0 Å². The summed E-state index contributed by atoms with van der Waals surface area (Å²) in [5, 5.41) is 3.60. The zero-order valence-electron chi connectivity index (χ0n) is 13.4. The van der Waals surface area contributed by atoms with E-state index < -0.39 is 0 Å². The number of rotatable bonds is 7. The first-order valence-electron chi connectivity index (χ1n) is 7.88. The van der Waals surface area contributed by atoms with Crippen LogP contribution in [-0.2, 0) is 12.8 Å². The molecule has 0 fully saturated rings. The molecule has 1 heterocycles. The van der Waals surface area contributed by atoms with Crippen molar-refractivity contribution in [1.82, 2.24) is 10.3 Å². The first kappa shape index (κ1) is 15.7. The Morgan fingerprint density at radius 1 is 1.10 bits per heavy atom. The van der Waals surface area contributed by atoms with Gasteiger partial charge in [-0.2, -0.15) is 0 Å². The quantitative estimate of drug-likeness (QED) is 0.834. The molecule has 1 aromatic carbocycles. The number of hydrogen-bond donors (Lipinski definition) is 1. The second-order valence-corrected chi connectivity index (χ2v) is 5.75. The number of hydrogen-bond acceptors (Lipinski definition) is 2. The lowest BCUT2D eigenvalue weighted by molar-refractivity contribution is 0.486. The van der Waals surface area contributed by atoms with Gasteiger partial charge in [0.05, 0.1) is 0 Å². The van der Waals surface area contributed by atoms with Gasteiger partial charge in [-0.25, -0.2) is 0 Å². The molecule has 2 rings (SSSR count). The first-order chi connectivity index (χ1) is 10.2. The van der Waals surface area contributed by atoms with Crippen LogP contribution in [0.25, 0.3) is 0 Å². The van der Waals surface area contributed by atoms with Gasteiger partial charge in [0.1, 0.15) is 0 Å². The molecule has 2 nitrogen and oxygen atoms in total. The molecule has 0 aliphatic heterocycles. The third-order valence-electron chi connectivity index (χ3n) is 3.95. The van der Waals surface area contributed by atoms with Crippen molar-refractivity contribution in [3.8, 4) is 0 Å². The second-order valence-electron chi connectivity index (χ2n) is 5.75. The van der Waals surface area contributed by atoms with Crippen LogP contribution in [0.2, 0.25) is 0 Å². The summed E-state index contributed by atoms with van der Waals surface area (Å²) in [5.74, 6) is 0. The third kappa shape index (κ3) is 4.98. The summed E-state index contributed by atoms with van der Waals surface area (Å²) < 4.78 is 0. The lowest BCUT2D eigenvalue weighted by Gasteiger charge is -2.18. The van der Waals surface area contributed by atoms with E-state index in [1.54, 1.807) is 0 Å². The molecule has 1 aromatic heterocycles. The summed E-state index contributed by atoms with van der Waals surface area (Å²) in [6.07, 6.45) is 5.16. The Hall–Kier alpha value is -1.67. The summed E-state index contributed by atoms with van der Waals surface area (Å²) in [4.78, 5) is 4.53. The van der Waals surface area contributed by atoms with Crippen molar-refractivity contribution in [2.24, 2.45) is 0 Å². The van der Waals surface area contributed by atoms with E-state index in [2.05, 4.69) is 61.4 Å². The van der Waals surface area contributed by atoms with Gasteiger partial charge in [-0.05, 0) is 50.4 Å². The molecular formula is C19H26N2. The average molecular weight is 282 g/mol. The van der Waals surface area contributed by atoms with Crippen LogP contribution in [0.5, 0.6) is 0 Å². The van der Waals surface area contributed by atoms with Crippen molar-refractivity contribution in [3.05, 3.63) is 65.0 Å². The van der Waals surface area contributed by atoms with Gasteiger partial charge < -0.3 is 5.32 Å². The molecule has 1 N–H and O–H groups in total. The van der Waals surface area contributed by atoms with E-state index in [-0.39, 0.29) is 0 Å². The number of nitrogens with zero attached hydrogens (tertiary/aromatic N) is 1. The van der Waals surface area contributed by atoms with Gasteiger partial charge in [0, 0.05) is 24.4 Å². The Labute approximate surface area is 128 Å². The highest BCUT2D eigenvalue weighted by Crippen LogP contribution is 2.12. The van der Waals surface area contributed by atoms with E-state index in [0.717, 1.165) is 25.8 Å². The van der Waals surface area contributed by atoms with Crippen molar-refractivity contribution in [2.75, 3.05) is 6.54 Å². The first-order valence-corrected chi connectivity index (χ1v) is 7.88. The van der Waals surface area contributed by atoms with Crippen LogP contribution in [0.15, 0.2) is 42.6 Å². The fourth-order valence-electron chi connectivity index (χ4n) is 2.63. The smallest absolute Gasteiger partial charge is 0.0448 e. The Bertz CT molecular complexity index is 546. The molecule has 1 atom stereocenters. The number of pyridine rings is 1. The maximum atomic E-state index is 4.53. The highest BCUT2D eigenvalue weighted by Gasteiger charge is 2.11. The molecule has 0 saturated carbocycles. The number of aryl methyl sites for hydroxylation is 3. The molecule has 21 heavy (non-hydrogen) atoms. The van der Waals surface area contributed by atoms with E-state index in [4.69, 9.17) is 0 Å². The lowest BCUT2D eigenvalue weighted by atomic mass is 9.99. The molecular weight excluding hydrogens is 256 g/mol. The normalized spacial score (nSPS) is 12.3. The molecule has 0 aliphatic rings. The van der Waals surface area contributed by atoms with E-state index in [0.29, 0.717) is 6.04 Å². The summed E-state index contributed by atoms with van der Waals surface area (Å²) in [5.41, 5.74) is 5.25. The van der Waals surface area contributed by atoms with E-state index in [9.17, 15) is 0 Å². The summed E-state index contributed by atoms with van der Waals surface area (Å²) in [6, 6.07) is 13.5. The van der Waals surface area contributed by atoms with Crippen molar-refractivity contribution in [3.63, 3.8) is 0 Å². The van der Waals surface area contributed by atoms with Crippen molar-refractivity contribution in [1.29, 1.82) is 0 Å². The topological polar surface area (TPSA) is 24.9 Å². The van der Waals surface area contributed by atoms with E-state index >= 15 is 0 Å². The van der Waals surface area contributed by atoms with Crippen LogP contribution < -0.4 is 5.32 Å². The van der Waals surface area contributed by atoms with Gasteiger partial charge >= 0.3 is 0 Å². The zero-order chi connectivity index (χ0) is 15.1. The Morgan fingerprint density at radius 2 is 1.86 bits per heavy atom. The molecule has 0 spiro atoms. The highest BCUT2D eigenvalue weighted by molar-refractivity contribution is 5.22. The fourth-order valence-corrected chi connectivity index (χ4v) is 2.63. The lowest BCUT2D eigenvalue weighted by Crippen LogP contribution is -2.32. The summed E-state index contributed by atoms with van der Waals surface area (Å²) in [6.45, 7) is 7.45. The van der Waals surface area contributed by atoms with Crippen LogP contribution in [0.4, 0.5) is 0 Å². The summed E-state index contributed by atoms with van der Waals surface area (Å²) in [7, 11) is 0. The predicted molar refractivity (Wildman–Crippen MR) is 89.6 cm³/mol. The van der Waals surface area contributed by atoms with Gasteiger partial charge in [0.2, 0.25) is 0 Å². The number of benzene rings is 1. The standard InChI is InChI=1S/C19H26N2/c1-4-20-18(14-19-16(3)6-5-13-21-19)12-11-17-9-7-15(2)8-10-17/h5-10,13,18,20H,4,11-12,14H2,1-3H3. The average Bonchev–Trinajstić information content (AvgIpc) is 2.49. The molecule has 112 valence electrons. The molecule has 0 aliphatic carbocycles. The predicted octanol–water partition coefficient (Wildman–Crippen LogP) is 3.85. The van der Waals surface area contributed by atoms with Crippen LogP contribution in [0.3, 0.4) is 0 Å². The monoisotopic (exact) mass is 282 g/mol. The minimum absolute atomic E-state index is 0.491. The molecule has 0 saturated heterocycles. The van der Waals surface area contributed by atoms with Gasteiger partial charge in [-0.15, -0.1) is 0 Å². The van der Waals surface area contributed by atoms with E-state index in [1.807, 2.05) is 12.3 Å². The van der Waals surface area contributed by atoms with Crippen molar-refractivity contribution in [2.45, 2.75) is 46.1 Å². The van der Waals surface area contributed by atoms with Gasteiger partial charge in [-0.3, -0.25) is 4.98 Å². The van der Waals surface area contributed by atoms with E-state index in [1.165, 1.54) is 22.4 Å². The molecule has 1 unspecified atom stereocenters. The maximum absolute atomic E-state index is 4.53. The Balaban J connectivity index is 1.95. The van der Waals surface area contributed by atoms with Crippen LogP contribution in [0.1, 0.15) is 35.7 Å². The SMILES string of the molecule is CCNC(CCc1ccc(C)cc1)Cc1ncccc1C. The number of nitrogens with one attached hydrogen (secondary N) is 1. The van der Waals surface area contributed by atoms with Gasteiger partial charge in [0.25, 0.3) is 0 Å². The molecule has 0 amide bonds. The van der Waals surface area contributed by atoms with Crippen LogP contribution in [-0.4, -0.2) is 17.6 Å². The minimum atomic E-state index is 0.491. The number of aromatic nitrogens is 1.